The lowest BCUT2D eigenvalue weighted by molar-refractivity contribution is 0.0997. The van der Waals surface area contributed by atoms with E-state index in [0.717, 1.165) is 16.2 Å². The molecule has 4 aromatic rings. The number of carbonyl (C=O) groups is 1. The number of primary amides is 1. The first-order chi connectivity index (χ1) is 10.6. The Morgan fingerprint density at radius 1 is 1.18 bits per heavy atom. The summed E-state index contributed by atoms with van der Waals surface area (Å²) in [5.74, 6) is -0.538. The Balaban J connectivity index is 2.35. The molecule has 0 saturated carbocycles. The van der Waals surface area contributed by atoms with Crippen LogP contribution in [-0.4, -0.2) is 21.0 Å². The maximum absolute atomic E-state index is 11.7. The van der Waals surface area contributed by atoms with Crippen molar-refractivity contribution in [3.63, 3.8) is 0 Å². The zero-order valence-corrected chi connectivity index (χ0v) is 12.0. The predicted octanol–water partition coefficient (Wildman–Crippen LogP) is 3.33. The molecule has 2 heterocycles. The molecular formula is C16H10ClN3O2. The number of fused-ring (bicyclic) bond motifs is 5. The molecule has 0 spiro atoms. The van der Waals surface area contributed by atoms with Crippen LogP contribution in [0.4, 0.5) is 0 Å². The standard InChI is InChI=1S/C16H10ClN3O2/c17-7-4-5-8-10(6-7)19-15(16(18)22)14-12(8)9-2-1-3-11(21)13(9)20-14/h1-6,20-21H,(H2,18,22). The highest BCUT2D eigenvalue weighted by Gasteiger charge is 2.18. The second-order valence-electron chi connectivity index (χ2n) is 5.06. The molecule has 6 heteroatoms. The first kappa shape index (κ1) is 12.9. The lowest BCUT2D eigenvalue weighted by Crippen LogP contribution is -2.13. The van der Waals surface area contributed by atoms with E-state index in [0.29, 0.717) is 21.6 Å². The minimum atomic E-state index is -0.641. The van der Waals surface area contributed by atoms with Gasteiger partial charge in [0.2, 0.25) is 0 Å². The minimum absolute atomic E-state index is 0.103. The van der Waals surface area contributed by atoms with Gasteiger partial charge in [-0.1, -0.05) is 29.8 Å². The summed E-state index contributed by atoms with van der Waals surface area (Å²) >= 11 is 6.02. The number of carbonyl (C=O) groups excluding carboxylic acids is 1. The van der Waals surface area contributed by atoms with Crippen LogP contribution < -0.4 is 5.73 Å². The number of phenolic OH excluding ortho intramolecular Hbond substituents is 1. The molecule has 4 N–H and O–H groups in total. The number of benzene rings is 2. The maximum Gasteiger partial charge on any atom is 0.269 e. The van der Waals surface area contributed by atoms with Crippen LogP contribution in [0.15, 0.2) is 36.4 Å². The van der Waals surface area contributed by atoms with E-state index in [4.69, 9.17) is 17.3 Å². The number of hydrogen-bond acceptors (Lipinski definition) is 3. The zero-order valence-electron chi connectivity index (χ0n) is 11.2. The number of nitrogens with one attached hydrogen (secondary N) is 1. The highest BCUT2D eigenvalue weighted by molar-refractivity contribution is 6.32. The number of para-hydroxylation sites is 1. The SMILES string of the molecule is NC(=O)c1nc2cc(Cl)ccc2c2c1[nH]c1c(O)cccc12. The van der Waals surface area contributed by atoms with Gasteiger partial charge in [0.15, 0.2) is 5.69 Å². The number of nitrogens with two attached hydrogens (primary N) is 1. The van der Waals surface area contributed by atoms with Crippen molar-refractivity contribution in [3.8, 4) is 5.75 Å². The van der Waals surface area contributed by atoms with Crippen LogP contribution in [0.5, 0.6) is 5.75 Å². The van der Waals surface area contributed by atoms with E-state index >= 15 is 0 Å². The van der Waals surface area contributed by atoms with Gasteiger partial charge in [-0.2, -0.15) is 0 Å². The summed E-state index contributed by atoms with van der Waals surface area (Å²) in [5.41, 5.74) is 7.22. The first-order valence-corrected chi connectivity index (χ1v) is 6.96. The molecule has 0 aliphatic rings. The van der Waals surface area contributed by atoms with Gasteiger partial charge in [0.25, 0.3) is 5.91 Å². The molecule has 0 bridgehead atoms. The number of halogens is 1. The van der Waals surface area contributed by atoms with Gasteiger partial charge in [0, 0.05) is 21.2 Å². The highest BCUT2D eigenvalue weighted by Crippen LogP contribution is 2.36. The highest BCUT2D eigenvalue weighted by atomic mass is 35.5. The first-order valence-electron chi connectivity index (χ1n) is 6.58. The Bertz CT molecular complexity index is 1090. The molecule has 0 fully saturated rings. The van der Waals surface area contributed by atoms with Crippen LogP contribution in [0.2, 0.25) is 5.02 Å². The van der Waals surface area contributed by atoms with Gasteiger partial charge in [0.05, 0.1) is 16.6 Å². The monoisotopic (exact) mass is 311 g/mol. The van der Waals surface area contributed by atoms with Gasteiger partial charge in [-0.3, -0.25) is 4.79 Å². The van der Waals surface area contributed by atoms with E-state index in [1.165, 1.54) is 0 Å². The van der Waals surface area contributed by atoms with Crippen molar-refractivity contribution in [1.29, 1.82) is 0 Å². The molecule has 0 radical (unpaired) electrons. The Labute approximate surface area is 129 Å². The topological polar surface area (TPSA) is 92.0 Å². The molecule has 1 amide bonds. The summed E-state index contributed by atoms with van der Waals surface area (Å²) in [6, 6.07) is 10.5. The largest absolute Gasteiger partial charge is 0.506 e. The predicted molar refractivity (Wildman–Crippen MR) is 86.3 cm³/mol. The number of phenols is 1. The summed E-state index contributed by atoms with van der Waals surface area (Å²) in [7, 11) is 0. The van der Waals surface area contributed by atoms with E-state index < -0.39 is 5.91 Å². The van der Waals surface area contributed by atoms with Gasteiger partial charge < -0.3 is 15.8 Å². The van der Waals surface area contributed by atoms with Crippen molar-refractivity contribution in [2.24, 2.45) is 5.73 Å². The second kappa shape index (κ2) is 4.35. The molecule has 2 aromatic heterocycles. The van der Waals surface area contributed by atoms with Crippen LogP contribution >= 0.6 is 11.6 Å². The van der Waals surface area contributed by atoms with Crippen molar-refractivity contribution < 1.29 is 9.90 Å². The fraction of sp³-hybridized carbons (Fsp3) is 0. The number of amides is 1. The van der Waals surface area contributed by atoms with Crippen LogP contribution in [0.1, 0.15) is 10.5 Å². The van der Waals surface area contributed by atoms with E-state index in [-0.39, 0.29) is 11.4 Å². The molecule has 0 aliphatic carbocycles. The van der Waals surface area contributed by atoms with Crippen molar-refractivity contribution in [1.82, 2.24) is 9.97 Å². The van der Waals surface area contributed by atoms with Crippen LogP contribution in [-0.2, 0) is 0 Å². The molecule has 0 saturated heterocycles. The number of rotatable bonds is 1. The van der Waals surface area contributed by atoms with Crippen LogP contribution in [0, 0.1) is 0 Å². The maximum atomic E-state index is 11.7. The van der Waals surface area contributed by atoms with Gasteiger partial charge in [0.1, 0.15) is 5.75 Å². The Morgan fingerprint density at radius 2 is 2.00 bits per heavy atom. The van der Waals surface area contributed by atoms with Crippen LogP contribution in [0.25, 0.3) is 32.7 Å². The Kier molecular flexibility index (Phi) is 2.55. The smallest absolute Gasteiger partial charge is 0.269 e. The average Bonchev–Trinajstić information content (AvgIpc) is 2.87. The normalized spacial score (nSPS) is 11.5. The zero-order chi connectivity index (χ0) is 15.4. The number of nitrogens with zero attached hydrogens (tertiary/aromatic N) is 1. The lowest BCUT2D eigenvalue weighted by atomic mass is 10.1. The van der Waals surface area contributed by atoms with Crippen molar-refractivity contribution in [3.05, 3.63) is 47.1 Å². The molecule has 0 atom stereocenters. The average molecular weight is 312 g/mol. The summed E-state index contributed by atoms with van der Waals surface area (Å²) in [4.78, 5) is 19.1. The van der Waals surface area contributed by atoms with Crippen LogP contribution in [0.3, 0.4) is 0 Å². The molecule has 2 aromatic carbocycles. The number of aromatic amines is 1. The summed E-state index contributed by atoms with van der Waals surface area (Å²) in [6.45, 7) is 0. The number of aromatic nitrogens is 2. The fourth-order valence-corrected chi connectivity index (χ4v) is 2.99. The number of aromatic hydroxyl groups is 1. The molecule has 22 heavy (non-hydrogen) atoms. The van der Waals surface area contributed by atoms with Gasteiger partial charge in [-0.05, 0) is 18.2 Å². The van der Waals surface area contributed by atoms with Crippen molar-refractivity contribution in [2.45, 2.75) is 0 Å². The molecule has 4 rings (SSSR count). The number of pyridine rings is 1. The Morgan fingerprint density at radius 3 is 2.77 bits per heavy atom. The number of H-pyrrole nitrogens is 1. The third-order valence-corrected chi connectivity index (χ3v) is 3.98. The van der Waals surface area contributed by atoms with Gasteiger partial charge in [-0.25, -0.2) is 4.98 Å². The third-order valence-electron chi connectivity index (χ3n) is 3.74. The van der Waals surface area contributed by atoms with Crippen molar-refractivity contribution >= 4 is 50.2 Å². The second-order valence-corrected chi connectivity index (χ2v) is 5.50. The molecule has 0 aliphatic heterocycles. The van der Waals surface area contributed by atoms with E-state index in [2.05, 4.69) is 9.97 Å². The number of hydrogen-bond donors (Lipinski definition) is 3. The Hall–Kier alpha value is -2.79. The lowest BCUT2D eigenvalue weighted by Gasteiger charge is -2.04. The molecular weight excluding hydrogens is 302 g/mol. The molecule has 108 valence electrons. The van der Waals surface area contributed by atoms with Gasteiger partial charge in [-0.15, -0.1) is 0 Å². The van der Waals surface area contributed by atoms with E-state index in [9.17, 15) is 9.90 Å². The van der Waals surface area contributed by atoms with Crippen molar-refractivity contribution in [2.75, 3.05) is 0 Å². The quantitative estimate of drug-likeness (QED) is 0.503. The van der Waals surface area contributed by atoms with Gasteiger partial charge >= 0.3 is 0 Å². The third kappa shape index (κ3) is 1.66. The molecule has 5 nitrogen and oxygen atoms in total. The van der Waals surface area contributed by atoms with E-state index in [1.807, 2.05) is 12.1 Å². The summed E-state index contributed by atoms with van der Waals surface area (Å²) < 4.78 is 0. The summed E-state index contributed by atoms with van der Waals surface area (Å²) in [6.07, 6.45) is 0. The van der Waals surface area contributed by atoms with E-state index in [1.54, 1.807) is 24.3 Å². The minimum Gasteiger partial charge on any atom is -0.506 e. The fourth-order valence-electron chi connectivity index (χ4n) is 2.82. The molecule has 0 unspecified atom stereocenters. The summed E-state index contributed by atoms with van der Waals surface area (Å²) in [5, 5.41) is 13.0.